The van der Waals surface area contributed by atoms with Gasteiger partial charge in [0.2, 0.25) is 0 Å². The van der Waals surface area contributed by atoms with E-state index in [1.807, 2.05) is 52.2 Å². The number of amides is 1. The third-order valence-electron chi connectivity index (χ3n) is 6.55. The molecule has 2 aromatic carbocycles. The number of aliphatic hydroxyl groups excluding tert-OH is 1. The van der Waals surface area contributed by atoms with Gasteiger partial charge >= 0.3 is 0 Å². The van der Waals surface area contributed by atoms with Gasteiger partial charge in [0, 0.05) is 12.1 Å². The fourth-order valence-corrected chi connectivity index (χ4v) is 4.51. The smallest absolute Gasteiger partial charge is 0.295 e. The van der Waals surface area contributed by atoms with Crippen LogP contribution in [0.25, 0.3) is 5.76 Å². The first-order chi connectivity index (χ1) is 17.0. The van der Waals surface area contributed by atoms with Crippen LogP contribution in [0.1, 0.15) is 68.8 Å². The zero-order valence-corrected chi connectivity index (χ0v) is 22.7. The van der Waals surface area contributed by atoms with Gasteiger partial charge in [0.25, 0.3) is 11.7 Å². The van der Waals surface area contributed by atoms with Crippen LogP contribution in [0, 0.1) is 6.92 Å². The van der Waals surface area contributed by atoms with Crippen LogP contribution in [0.5, 0.6) is 5.75 Å². The Balaban J connectivity index is 2.08. The molecule has 1 aliphatic rings. The molecule has 36 heavy (non-hydrogen) atoms. The predicted octanol–water partition coefficient (Wildman–Crippen LogP) is 5.45. The number of hydrogen-bond acceptors (Lipinski definition) is 5. The summed E-state index contributed by atoms with van der Waals surface area (Å²) in [5.74, 6) is -0.628. The molecule has 6 heteroatoms. The lowest BCUT2D eigenvalue weighted by Gasteiger charge is -2.27. The van der Waals surface area contributed by atoms with E-state index in [2.05, 4.69) is 25.7 Å². The lowest BCUT2D eigenvalue weighted by Crippen LogP contribution is -2.32. The number of carbonyl (C=O) groups is 2. The van der Waals surface area contributed by atoms with Crippen LogP contribution in [-0.4, -0.2) is 60.4 Å². The van der Waals surface area contributed by atoms with Gasteiger partial charge in [-0.05, 0) is 80.7 Å². The van der Waals surface area contributed by atoms with Gasteiger partial charge in [-0.3, -0.25) is 9.59 Å². The van der Waals surface area contributed by atoms with E-state index < -0.39 is 17.7 Å². The maximum atomic E-state index is 13.3. The summed E-state index contributed by atoms with van der Waals surface area (Å²) < 4.78 is 5.76. The second-order valence-corrected chi connectivity index (χ2v) is 10.9. The highest BCUT2D eigenvalue weighted by atomic mass is 16.5. The zero-order chi connectivity index (χ0) is 26.6. The first-order valence-corrected chi connectivity index (χ1v) is 12.7. The Hall–Kier alpha value is -3.12. The Bertz CT molecular complexity index is 1130. The van der Waals surface area contributed by atoms with Gasteiger partial charge < -0.3 is 19.6 Å². The molecule has 194 valence electrons. The SMILES string of the molecule is CCCOc1ccc(/C(O)=C2\C(=O)C(=O)N(CCCN(C)C)C2c2ccc(C(C)(C)C)cc2)cc1C. The molecule has 0 saturated carbocycles. The normalized spacial score (nSPS) is 17.8. The predicted molar refractivity (Wildman–Crippen MR) is 144 cm³/mol. The van der Waals surface area contributed by atoms with Crippen LogP contribution < -0.4 is 4.74 Å². The van der Waals surface area contributed by atoms with Crippen molar-refractivity contribution in [1.29, 1.82) is 0 Å². The number of rotatable bonds is 9. The fraction of sp³-hybridized carbons (Fsp3) is 0.467. The van der Waals surface area contributed by atoms with Crippen LogP contribution in [0.15, 0.2) is 48.0 Å². The number of nitrogens with zero attached hydrogens (tertiary/aromatic N) is 2. The van der Waals surface area contributed by atoms with Gasteiger partial charge in [0.05, 0.1) is 18.2 Å². The van der Waals surface area contributed by atoms with Crippen molar-refractivity contribution in [3.8, 4) is 5.75 Å². The molecule has 6 nitrogen and oxygen atoms in total. The zero-order valence-electron chi connectivity index (χ0n) is 22.7. The molecule has 1 heterocycles. The number of likely N-dealkylation sites (tertiary alicyclic amines) is 1. The number of carbonyl (C=O) groups excluding carboxylic acids is 2. The number of ketones is 1. The highest BCUT2D eigenvalue weighted by Crippen LogP contribution is 2.40. The van der Waals surface area contributed by atoms with Crippen molar-refractivity contribution in [3.63, 3.8) is 0 Å². The lowest BCUT2D eigenvalue weighted by atomic mass is 9.85. The summed E-state index contributed by atoms with van der Waals surface area (Å²) in [4.78, 5) is 30.1. The van der Waals surface area contributed by atoms with Crippen LogP contribution in [0.2, 0.25) is 0 Å². The Morgan fingerprint density at radius 3 is 2.31 bits per heavy atom. The van der Waals surface area contributed by atoms with E-state index in [9.17, 15) is 14.7 Å². The number of aryl methyl sites for hydroxylation is 1. The Morgan fingerprint density at radius 2 is 1.75 bits per heavy atom. The van der Waals surface area contributed by atoms with Crippen molar-refractivity contribution in [2.24, 2.45) is 0 Å². The second-order valence-electron chi connectivity index (χ2n) is 10.9. The topological polar surface area (TPSA) is 70.1 Å². The van der Waals surface area contributed by atoms with Gasteiger partial charge in [-0.1, -0.05) is 52.0 Å². The third-order valence-corrected chi connectivity index (χ3v) is 6.55. The van der Waals surface area contributed by atoms with Crippen LogP contribution in [0.3, 0.4) is 0 Å². The van der Waals surface area contributed by atoms with Crippen LogP contribution in [0.4, 0.5) is 0 Å². The van der Waals surface area contributed by atoms with E-state index in [1.54, 1.807) is 23.1 Å². The minimum Gasteiger partial charge on any atom is -0.507 e. The van der Waals surface area contributed by atoms with Crippen molar-refractivity contribution >= 4 is 17.4 Å². The average Bonchev–Trinajstić information content (AvgIpc) is 3.07. The first-order valence-electron chi connectivity index (χ1n) is 12.7. The van der Waals surface area contributed by atoms with Crippen molar-refractivity contribution < 1.29 is 19.4 Å². The summed E-state index contributed by atoms with van der Waals surface area (Å²) in [6, 6.07) is 12.7. The highest BCUT2D eigenvalue weighted by molar-refractivity contribution is 6.46. The molecule has 3 rings (SSSR count). The quantitative estimate of drug-likeness (QED) is 0.286. The molecule has 1 aliphatic heterocycles. The van der Waals surface area contributed by atoms with Gasteiger partial charge in [-0.25, -0.2) is 0 Å². The van der Waals surface area contributed by atoms with Crippen molar-refractivity contribution in [1.82, 2.24) is 9.80 Å². The first kappa shape index (κ1) is 27.5. The van der Waals surface area contributed by atoms with E-state index >= 15 is 0 Å². The number of benzene rings is 2. The Labute approximate surface area is 215 Å². The van der Waals surface area contributed by atoms with Crippen LogP contribution in [-0.2, 0) is 15.0 Å². The van der Waals surface area contributed by atoms with Crippen molar-refractivity contribution in [2.75, 3.05) is 33.8 Å². The molecular formula is C30H40N2O4. The molecule has 1 unspecified atom stereocenters. The lowest BCUT2D eigenvalue weighted by molar-refractivity contribution is -0.139. The summed E-state index contributed by atoms with van der Waals surface area (Å²) in [7, 11) is 3.96. The molecule has 1 atom stereocenters. The van der Waals surface area contributed by atoms with E-state index in [0.717, 1.165) is 41.8 Å². The van der Waals surface area contributed by atoms with E-state index in [1.165, 1.54) is 0 Å². The fourth-order valence-electron chi connectivity index (χ4n) is 4.51. The molecular weight excluding hydrogens is 452 g/mol. The maximum absolute atomic E-state index is 13.3. The monoisotopic (exact) mass is 492 g/mol. The standard InChI is InChI=1S/C30H40N2O4/c1-8-18-36-24-15-12-22(19-20(24)2)27(33)25-26(21-10-13-23(14-11-21)30(3,4)5)32(29(35)28(25)34)17-9-16-31(6)7/h10-15,19,26,33H,8-9,16-18H2,1-7H3/b27-25+. The van der Waals surface area contributed by atoms with Gasteiger partial charge in [0.15, 0.2) is 0 Å². The Kier molecular flexibility index (Phi) is 8.62. The minimum absolute atomic E-state index is 0.0226. The molecule has 1 fully saturated rings. The molecule has 0 aliphatic carbocycles. The van der Waals surface area contributed by atoms with Gasteiger partial charge in [-0.15, -0.1) is 0 Å². The van der Waals surface area contributed by atoms with E-state index in [-0.39, 0.29) is 16.7 Å². The number of aliphatic hydroxyl groups is 1. The van der Waals surface area contributed by atoms with Gasteiger partial charge in [0.1, 0.15) is 11.5 Å². The molecule has 2 aromatic rings. The van der Waals surface area contributed by atoms with Crippen molar-refractivity contribution in [2.45, 2.75) is 58.9 Å². The largest absolute Gasteiger partial charge is 0.507 e. The molecule has 1 N–H and O–H groups in total. The number of hydrogen-bond donors (Lipinski definition) is 1. The van der Waals surface area contributed by atoms with Crippen LogP contribution >= 0.6 is 0 Å². The molecule has 0 aromatic heterocycles. The van der Waals surface area contributed by atoms with Gasteiger partial charge in [-0.2, -0.15) is 0 Å². The minimum atomic E-state index is -0.647. The summed E-state index contributed by atoms with van der Waals surface area (Å²) in [5, 5.41) is 11.4. The Morgan fingerprint density at radius 1 is 1.08 bits per heavy atom. The summed E-state index contributed by atoms with van der Waals surface area (Å²) in [5.41, 5.74) is 3.44. The van der Waals surface area contributed by atoms with E-state index in [0.29, 0.717) is 18.7 Å². The van der Waals surface area contributed by atoms with Crippen molar-refractivity contribution in [3.05, 3.63) is 70.3 Å². The third kappa shape index (κ3) is 5.98. The average molecular weight is 493 g/mol. The second kappa shape index (κ2) is 11.3. The highest BCUT2D eigenvalue weighted by Gasteiger charge is 2.45. The molecule has 0 spiro atoms. The molecule has 0 bridgehead atoms. The summed E-state index contributed by atoms with van der Waals surface area (Å²) in [6.07, 6.45) is 1.62. The van der Waals surface area contributed by atoms with E-state index in [4.69, 9.17) is 4.74 Å². The maximum Gasteiger partial charge on any atom is 0.295 e. The number of Topliss-reactive ketones (excluding diaryl/α,β-unsaturated/α-hetero) is 1. The summed E-state index contributed by atoms with van der Waals surface area (Å²) in [6.45, 7) is 12.2. The summed E-state index contributed by atoms with van der Waals surface area (Å²) >= 11 is 0. The molecule has 1 saturated heterocycles. The molecule has 0 radical (unpaired) electrons. The number of ether oxygens (including phenoxy) is 1. The molecule has 1 amide bonds.